The zero-order valence-electron chi connectivity index (χ0n) is 9.13. The Morgan fingerprint density at radius 3 is 2.69 bits per heavy atom. The van der Waals surface area contributed by atoms with Gasteiger partial charge in [-0.3, -0.25) is 4.79 Å². The average Bonchev–Trinajstić information content (AvgIpc) is 2.24. The van der Waals surface area contributed by atoms with Gasteiger partial charge in [-0.2, -0.15) is 0 Å². The predicted molar refractivity (Wildman–Crippen MR) is 55.9 cm³/mol. The van der Waals surface area contributed by atoms with Crippen molar-refractivity contribution in [2.24, 2.45) is 0 Å². The largest absolute Gasteiger partial charge is 0.466 e. The van der Waals surface area contributed by atoms with E-state index in [1.165, 1.54) is 6.07 Å². The van der Waals surface area contributed by atoms with Gasteiger partial charge in [-0.25, -0.2) is 8.78 Å². The molecule has 0 amide bonds. The lowest BCUT2D eigenvalue weighted by Gasteiger charge is -2.02. The monoisotopic (exact) mass is 228 g/mol. The van der Waals surface area contributed by atoms with Crippen LogP contribution in [-0.2, 0) is 16.0 Å². The molecule has 0 saturated heterocycles. The molecule has 0 aliphatic rings. The number of aryl methyl sites for hydroxylation is 1. The minimum absolute atomic E-state index is 0.259. The van der Waals surface area contributed by atoms with Crippen LogP contribution < -0.4 is 0 Å². The topological polar surface area (TPSA) is 26.3 Å². The van der Waals surface area contributed by atoms with Crippen molar-refractivity contribution in [2.45, 2.75) is 26.2 Å². The van der Waals surface area contributed by atoms with Crippen LogP contribution >= 0.6 is 0 Å². The van der Waals surface area contributed by atoms with Crippen LogP contribution in [-0.4, -0.2) is 12.6 Å². The molecule has 0 fully saturated rings. The molecule has 0 bridgehead atoms. The zero-order chi connectivity index (χ0) is 12.0. The molecule has 1 rings (SSSR count). The number of benzene rings is 1. The molecule has 0 spiro atoms. The second kappa shape index (κ2) is 6.20. The zero-order valence-corrected chi connectivity index (χ0v) is 9.13. The van der Waals surface area contributed by atoms with E-state index < -0.39 is 11.6 Å². The summed E-state index contributed by atoms with van der Waals surface area (Å²) < 4.78 is 30.2. The number of hydrogen-bond acceptors (Lipinski definition) is 2. The average molecular weight is 228 g/mol. The van der Waals surface area contributed by atoms with E-state index in [4.69, 9.17) is 4.74 Å². The molecule has 1 aromatic rings. The highest BCUT2D eigenvalue weighted by molar-refractivity contribution is 5.69. The SMILES string of the molecule is CCOC(=O)CCCc1ccc(F)c(F)c1. The Kier molecular flexibility index (Phi) is 4.89. The molecule has 4 heteroatoms. The molecule has 0 aliphatic heterocycles. The Hall–Kier alpha value is -1.45. The van der Waals surface area contributed by atoms with Crippen LogP contribution in [0.15, 0.2) is 18.2 Å². The number of carbonyl (C=O) groups excluding carboxylic acids is 1. The summed E-state index contributed by atoms with van der Waals surface area (Å²) in [6.07, 6.45) is 1.41. The van der Waals surface area contributed by atoms with E-state index in [1.54, 1.807) is 6.92 Å². The van der Waals surface area contributed by atoms with Crippen molar-refractivity contribution in [3.63, 3.8) is 0 Å². The number of hydrogen-bond donors (Lipinski definition) is 0. The van der Waals surface area contributed by atoms with E-state index >= 15 is 0 Å². The van der Waals surface area contributed by atoms with Crippen LogP contribution in [0.4, 0.5) is 8.78 Å². The van der Waals surface area contributed by atoms with Crippen molar-refractivity contribution >= 4 is 5.97 Å². The number of halogens is 2. The standard InChI is InChI=1S/C12H14F2O2/c1-2-16-12(15)5-3-4-9-6-7-10(13)11(14)8-9/h6-8H,2-5H2,1H3. The van der Waals surface area contributed by atoms with Crippen LogP contribution in [0.2, 0.25) is 0 Å². The van der Waals surface area contributed by atoms with Crippen LogP contribution in [0, 0.1) is 11.6 Å². The smallest absolute Gasteiger partial charge is 0.305 e. The van der Waals surface area contributed by atoms with Crippen molar-refractivity contribution in [1.29, 1.82) is 0 Å². The lowest BCUT2D eigenvalue weighted by atomic mass is 10.1. The summed E-state index contributed by atoms with van der Waals surface area (Å²) in [5, 5.41) is 0. The maximum Gasteiger partial charge on any atom is 0.305 e. The minimum Gasteiger partial charge on any atom is -0.466 e. The third-order valence-electron chi connectivity index (χ3n) is 2.14. The van der Waals surface area contributed by atoms with Crippen LogP contribution in [0.3, 0.4) is 0 Å². The summed E-state index contributed by atoms with van der Waals surface area (Å²) >= 11 is 0. The molecule has 0 heterocycles. The first kappa shape index (κ1) is 12.6. The molecule has 0 N–H and O–H groups in total. The fourth-order valence-electron chi connectivity index (χ4n) is 1.37. The van der Waals surface area contributed by atoms with Gasteiger partial charge in [0, 0.05) is 6.42 Å². The highest BCUT2D eigenvalue weighted by Gasteiger charge is 2.04. The van der Waals surface area contributed by atoms with Crippen LogP contribution in [0.1, 0.15) is 25.3 Å². The van der Waals surface area contributed by atoms with Gasteiger partial charge in [0.2, 0.25) is 0 Å². The fraction of sp³-hybridized carbons (Fsp3) is 0.417. The van der Waals surface area contributed by atoms with Crippen molar-refractivity contribution in [2.75, 3.05) is 6.61 Å². The van der Waals surface area contributed by atoms with Gasteiger partial charge in [0.15, 0.2) is 11.6 Å². The Labute approximate surface area is 93.2 Å². The number of ether oxygens (including phenoxy) is 1. The maximum atomic E-state index is 12.8. The molecule has 0 saturated carbocycles. The molecule has 0 atom stereocenters. The number of esters is 1. The number of rotatable bonds is 5. The third kappa shape index (κ3) is 3.96. The summed E-state index contributed by atoms with van der Waals surface area (Å²) in [5.74, 6) is -1.96. The molecule has 1 aromatic carbocycles. The Morgan fingerprint density at radius 2 is 2.06 bits per heavy atom. The molecule has 0 radical (unpaired) electrons. The van der Waals surface area contributed by atoms with Gasteiger partial charge < -0.3 is 4.74 Å². The van der Waals surface area contributed by atoms with E-state index in [9.17, 15) is 13.6 Å². The Bertz CT molecular complexity index is 364. The molecule has 0 aliphatic carbocycles. The molecule has 0 aromatic heterocycles. The lowest BCUT2D eigenvalue weighted by molar-refractivity contribution is -0.143. The molecule has 88 valence electrons. The summed E-state index contributed by atoms with van der Waals surface area (Å²) in [6, 6.07) is 3.76. The van der Waals surface area contributed by atoms with E-state index in [-0.39, 0.29) is 5.97 Å². The third-order valence-corrected chi connectivity index (χ3v) is 2.14. The minimum atomic E-state index is -0.853. The van der Waals surface area contributed by atoms with Crippen LogP contribution in [0.25, 0.3) is 0 Å². The van der Waals surface area contributed by atoms with Gasteiger partial charge in [-0.1, -0.05) is 6.07 Å². The Morgan fingerprint density at radius 1 is 1.31 bits per heavy atom. The molecule has 16 heavy (non-hydrogen) atoms. The van der Waals surface area contributed by atoms with Gasteiger partial charge in [-0.15, -0.1) is 0 Å². The number of carbonyl (C=O) groups is 1. The van der Waals surface area contributed by atoms with Gasteiger partial charge >= 0.3 is 5.97 Å². The lowest BCUT2D eigenvalue weighted by Crippen LogP contribution is -2.04. The van der Waals surface area contributed by atoms with E-state index in [2.05, 4.69) is 0 Å². The molecular formula is C12H14F2O2. The van der Waals surface area contributed by atoms with Crippen LogP contribution in [0.5, 0.6) is 0 Å². The van der Waals surface area contributed by atoms with Crippen molar-refractivity contribution < 1.29 is 18.3 Å². The summed E-state index contributed by atoms with van der Waals surface area (Å²) in [4.78, 5) is 11.0. The predicted octanol–water partition coefficient (Wildman–Crippen LogP) is 2.85. The normalized spacial score (nSPS) is 10.2. The molecule has 2 nitrogen and oxygen atoms in total. The van der Waals surface area contributed by atoms with E-state index in [1.807, 2.05) is 0 Å². The summed E-state index contributed by atoms with van der Waals surface area (Å²) in [7, 11) is 0. The Balaban J connectivity index is 2.37. The first-order chi connectivity index (χ1) is 7.63. The van der Waals surface area contributed by atoms with Gasteiger partial charge in [-0.05, 0) is 37.5 Å². The molecule has 0 unspecified atom stereocenters. The van der Waals surface area contributed by atoms with Gasteiger partial charge in [0.05, 0.1) is 6.61 Å². The summed E-state index contributed by atoms with van der Waals surface area (Å²) in [6.45, 7) is 2.11. The first-order valence-corrected chi connectivity index (χ1v) is 5.23. The van der Waals surface area contributed by atoms with Gasteiger partial charge in [0.25, 0.3) is 0 Å². The molecular weight excluding hydrogens is 214 g/mol. The van der Waals surface area contributed by atoms with Crippen molar-refractivity contribution in [3.8, 4) is 0 Å². The first-order valence-electron chi connectivity index (χ1n) is 5.23. The quantitative estimate of drug-likeness (QED) is 0.724. The highest BCUT2D eigenvalue weighted by atomic mass is 19.2. The van der Waals surface area contributed by atoms with E-state index in [0.29, 0.717) is 31.4 Å². The second-order valence-electron chi connectivity index (χ2n) is 3.41. The van der Waals surface area contributed by atoms with E-state index in [0.717, 1.165) is 12.1 Å². The second-order valence-corrected chi connectivity index (χ2v) is 3.41. The van der Waals surface area contributed by atoms with Crippen molar-refractivity contribution in [3.05, 3.63) is 35.4 Å². The van der Waals surface area contributed by atoms with Crippen molar-refractivity contribution in [1.82, 2.24) is 0 Å². The maximum absolute atomic E-state index is 12.8. The summed E-state index contributed by atoms with van der Waals surface area (Å²) in [5.41, 5.74) is 0.684. The van der Waals surface area contributed by atoms with Gasteiger partial charge in [0.1, 0.15) is 0 Å². The highest BCUT2D eigenvalue weighted by Crippen LogP contribution is 2.11. The fourth-order valence-corrected chi connectivity index (χ4v) is 1.37.